The number of esters is 1. The van der Waals surface area contributed by atoms with Crippen LogP contribution in [-0.2, 0) is 16.0 Å². The Morgan fingerprint density at radius 3 is 2.65 bits per heavy atom. The fourth-order valence-corrected chi connectivity index (χ4v) is 3.84. The number of carbonyl (C=O) groups is 2. The maximum absolute atomic E-state index is 13.1. The van der Waals surface area contributed by atoms with Crippen molar-refractivity contribution in [3.63, 3.8) is 0 Å². The number of carbonyl (C=O) groups excluding carboxylic acids is 2. The second kappa shape index (κ2) is 9.12. The maximum Gasteiger partial charge on any atom is 0.411 e. The summed E-state index contributed by atoms with van der Waals surface area (Å²) in [5, 5.41) is 0.633. The molecule has 0 saturated carbocycles. The Kier molecular flexibility index (Phi) is 6.72. The lowest BCUT2D eigenvalue weighted by Crippen LogP contribution is -2.44. The zero-order chi connectivity index (χ0) is 22.8. The van der Waals surface area contributed by atoms with Gasteiger partial charge in [-0.05, 0) is 76.6 Å². The fourth-order valence-electron chi connectivity index (χ4n) is 3.84. The summed E-state index contributed by atoms with van der Waals surface area (Å²) >= 11 is 0. The van der Waals surface area contributed by atoms with E-state index < -0.39 is 29.3 Å². The molecular formula is C24H31NO6. The van der Waals surface area contributed by atoms with Crippen LogP contribution in [0.25, 0.3) is 11.0 Å². The molecule has 7 nitrogen and oxygen atoms in total. The zero-order valence-electron chi connectivity index (χ0n) is 18.9. The molecule has 0 radical (unpaired) electrons. The molecule has 2 aromatic rings. The number of nitrogens with zero attached hydrogens (tertiary/aromatic N) is 1. The van der Waals surface area contributed by atoms with Crippen molar-refractivity contribution in [3.05, 3.63) is 39.7 Å². The standard InChI is InChI=1S/C24H31NO6/c1-6-7-9-16-14-20(26)29-18-12-15(2)13-19(21(16)18)30-22(27)17-10-8-11-25(17)23(28)31-24(3,4)5/h12-14,17H,6-11H2,1-5H3/t17-/m1/s1. The summed E-state index contributed by atoms with van der Waals surface area (Å²) < 4.78 is 16.7. The predicted molar refractivity (Wildman–Crippen MR) is 117 cm³/mol. The van der Waals surface area contributed by atoms with Crippen molar-refractivity contribution in [1.29, 1.82) is 0 Å². The summed E-state index contributed by atoms with van der Waals surface area (Å²) in [4.78, 5) is 39.1. The lowest BCUT2D eigenvalue weighted by molar-refractivity contribution is -0.139. The fraction of sp³-hybridized carbons (Fsp3) is 0.542. The van der Waals surface area contributed by atoms with Crippen LogP contribution in [0.15, 0.2) is 27.4 Å². The number of hydrogen-bond acceptors (Lipinski definition) is 6. The van der Waals surface area contributed by atoms with Crippen LogP contribution in [0.2, 0.25) is 0 Å². The number of rotatable bonds is 5. The van der Waals surface area contributed by atoms with Crippen LogP contribution in [0.3, 0.4) is 0 Å². The van der Waals surface area contributed by atoms with Crippen molar-refractivity contribution < 1.29 is 23.5 Å². The van der Waals surface area contributed by atoms with Gasteiger partial charge in [-0.25, -0.2) is 14.4 Å². The summed E-state index contributed by atoms with van der Waals surface area (Å²) in [5.41, 5.74) is 0.935. The number of amides is 1. The van der Waals surface area contributed by atoms with Gasteiger partial charge in [0.25, 0.3) is 0 Å². The van der Waals surface area contributed by atoms with Crippen molar-refractivity contribution in [2.45, 2.75) is 78.4 Å². The van der Waals surface area contributed by atoms with Gasteiger partial charge in [0, 0.05) is 12.6 Å². The first-order valence-corrected chi connectivity index (χ1v) is 10.9. The van der Waals surface area contributed by atoms with E-state index in [9.17, 15) is 14.4 Å². The lowest BCUT2D eigenvalue weighted by Gasteiger charge is -2.27. The number of hydrogen-bond donors (Lipinski definition) is 0. The van der Waals surface area contributed by atoms with Gasteiger partial charge in [0.05, 0.1) is 5.39 Å². The molecule has 0 aliphatic carbocycles. The third kappa shape index (κ3) is 5.46. The minimum absolute atomic E-state index is 0.353. The van der Waals surface area contributed by atoms with Crippen molar-refractivity contribution >= 4 is 23.0 Å². The van der Waals surface area contributed by atoms with Gasteiger partial charge in [-0.15, -0.1) is 0 Å². The van der Waals surface area contributed by atoms with E-state index in [1.165, 1.54) is 11.0 Å². The Balaban J connectivity index is 1.92. The molecule has 0 N–H and O–H groups in total. The van der Waals surface area contributed by atoms with Crippen LogP contribution in [0, 0.1) is 6.92 Å². The number of ether oxygens (including phenoxy) is 2. The SMILES string of the molecule is CCCCc1cc(=O)oc2cc(C)cc(OC(=O)[C@H]3CCCN3C(=O)OC(C)(C)C)c12. The Morgan fingerprint density at radius 1 is 1.23 bits per heavy atom. The third-order valence-corrected chi connectivity index (χ3v) is 5.20. The van der Waals surface area contributed by atoms with Gasteiger partial charge in [-0.2, -0.15) is 0 Å². The summed E-state index contributed by atoms with van der Waals surface area (Å²) in [6.07, 6.45) is 3.24. The quantitative estimate of drug-likeness (QED) is 0.387. The van der Waals surface area contributed by atoms with E-state index in [1.807, 2.05) is 6.92 Å². The summed E-state index contributed by atoms with van der Waals surface area (Å²) in [6.45, 7) is 9.73. The molecule has 168 valence electrons. The highest BCUT2D eigenvalue weighted by Gasteiger charge is 2.38. The molecule has 1 atom stereocenters. The average molecular weight is 430 g/mol. The van der Waals surface area contributed by atoms with Crippen LogP contribution < -0.4 is 10.4 Å². The van der Waals surface area contributed by atoms with E-state index in [-0.39, 0.29) is 0 Å². The van der Waals surface area contributed by atoms with Gasteiger partial charge >= 0.3 is 17.7 Å². The molecule has 0 unspecified atom stereocenters. The topological polar surface area (TPSA) is 86.0 Å². The predicted octanol–water partition coefficient (Wildman–Crippen LogP) is 4.75. The first kappa shape index (κ1) is 22.8. The molecule has 1 amide bonds. The number of likely N-dealkylation sites (tertiary alicyclic amines) is 1. The smallest absolute Gasteiger partial charge is 0.411 e. The van der Waals surface area contributed by atoms with E-state index in [1.54, 1.807) is 32.9 Å². The molecule has 1 fully saturated rings. The van der Waals surface area contributed by atoms with E-state index in [4.69, 9.17) is 13.9 Å². The summed E-state index contributed by atoms with van der Waals surface area (Å²) in [7, 11) is 0. The van der Waals surface area contributed by atoms with Crippen molar-refractivity contribution in [2.75, 3.05) is 6.54 Å². The molecule has 1 aliphatic rings. The Hall–Kier alpha value is -2.83. The van der Waals surface area contributed by atoms with E-state index in [0.717, 1.165) is 24.0 Å². The Morgan fingerprint density at radius 2 is 1.97 bits per heavy atom. The first-order valence-electron chi connectivity index (χ1n) is 10.9. The molecule has 1 aromatic carbocycles. The van der Waals surface area contributed by atoms with E-state index in [0.29, 0.717) is 42.5 Å². The Bertz CT molecular complexity index is 1030. The van der Waals surface area contributed by atoms with E-state index >= 15 is 0 Å². The lowest BCUT2D eigenvalue weighted by atomic mass is 10.0. The van der Waals surface area contributed by atoms with Gasteiger partial charge < -0.3 is 13.9 Å². The van der Waals surface area contributed by atoms with Gasteiger partial charge in [-0.1, -0.05) is 13.3 Å². The van der Waals surface area contributed by atoms with Crippen molar-refractivity contribution in [2.24, 2.45) is 0 Å². The Labute approximate surface area is 182 Å². The van der Waals surface area contributed by atoms with E-state index in [2.05, 4.69) is 6.92 Å². The first-order chi connectivity index (χ1) is 14.6. The normalized spacial score (nSPS) is 16.5. The number of benzene rings is 1. The molecule has 0 bridgehead atoms. The van der Waals surface area contributed by atoms with Crippen LogP contribution in [-0.4, -0.2) is 35.2 Å². The summed E-state index contributed by atoms with van der Waals surface area (Å²) in [5.74, 6) is -0.159. The molecule has 31 heavy (non-hydrogen) atoms. The molecule has 2 heterocycles. The number of aryl methyl sites for hydroxylation is 2. The third-order valence-electron chi connectivity index (χ3n) is 5.20. The maximum atomic E-state index is 13.1. The molecule has 1 aromatic heterocycles. The van der Waals surface area contributed by atoms with Crippen LogP contribution in [0.1, 0.15) is 64.5 Å². The van der Waals surface area contributed by atoms with Crippen LogP contribution in [0.5, 0.6) is 5.75 Å². The van der Waals surface area contributed by atoms with Gasteiger partial charge in [0.1, 0.15) is 23.0 Å². The molecular weight excluding hydrogens is 398 g/mol. The molecule has 0 spiro atoms. The van der Waals surface area contributed by atoms with Crippen LogP contribution >= 0.6 is 0 Å². The number of fused-ring (bicyclic) bond motifs is 1. The minimum atomic E-state index is -0.708. The minimum Gasteiger partial charge on any atom is -0.444 e. The van der Waals surface area contributed by atoms with Gasteiger partial charge in [-0.3, -0.25) is 4.90 Å². The largest absolute Gasteiger partial charge is 0.444 e. The zero-order valence-corrected chi connectivity index (χ0v) is 18.9. The highest BCUT2D eigenvalue weighted by Crippen LogP contribution is 2.32. The average Bonchev–Trinajstić information content (AvgIpc) is 3.14. The summed E-state index contributed by atoms with van der Waals surface area (Å²) in [6, 6.07) is 4.29. The molecule has 7 heteroatoms. The second-order valence-electron chi connectivity index (χ2n) is 9.08. The van der Waals surface area contributed by atoms with Crippen molar-refractivity contribution in [3.8, 4) is 5.75 Å². The van der Waals surface area contributed by atoms with Gasteiger partial charge in [0.15, 0.2) is 0 Å². The second-order valence-corrected chi connectivity index (χ2v) is 9.08. The van der Waals surface area contributed by atoms with Crippen LogP contribution in [0.4, 0.5) is 4.79 Å². The highest BCUT2D eigenvalue weighted by molar-refractivity contribution is 5.91. The molecule has 1 aliphatic heterocycles. The van der Waals surface area contributed by atoms with Crippen molar-refractivity contribution in [1.82, 2.24) is 4.90 Å². The number of unbranched alkanes of at least 4 members (excludes halogenated alkanes) is 1. The molecule has 1 saturated heterocycles. The molecule has 3 rings (SSSR count). The monoisotopic (exact) mass is 429 g/mol. The highest BCUT2D eigenvalue weighted by atomic mass is 16.6. The van der Waals surface area contributed by atoms with Gasteiger partial charge in [0.2, 0.25) is 0 Å².